The van der Waals surface area contributed by atoms with Crippen molar-refractivity contribution >= 4 is 44.7 Å². The molecule has 4 rings (SSSR count). The number of carbonyl (C=O) groups excluding carboxylic acids is 1. The molecule has 1 saturated heterocycles. The van der Waals surface area contributed by atoms with Gasteiger partial charge in [-0.25, -0.2) is 4.98 Å². The summed E-state index contributed by atoms with van der Waals surface area (Å²) in [6.45, 7) is 4.16. The fourth-order valence-electron chi connectivity index (χ4n) is 3.68. The van der Waals surface area contributed by atoms with E-state index in [0.29, 0.717) is 38.7 Å². The van der Waals surface area contributed by atoms with Gasteiger partial charge in [0.2, 0.25) is 0 Å². The van der Waals surface area contributed by atoms with Crippen molar-refractivity contribution in [1.29, 1.82) is 0 Å². The van der Waals surface area contributed by atoms with Gasteiger partial charge in [0, 0.05) is 11.9 Å². The number of nitrogen functional groups attached to an aromatic ring is 2. The van der Waals surface area contributed by atoms with E-state index in [1.165, 1.54) is 37.3 Å². The van der Waals surface area contributed by atoms with Crippen LogP contribution in [0.1, 0.15) is 28.9 Å². The maximum atomic E-state index is 11.7. The predicted octanol–water partition coefficient (Wildman–Crippen LogP) is 2.72. The summed E-state index contributed by atoms with van der Waals surface area (Å²) in [5.41, 5.74) is 19.5. The number of likely N-dealkylation sites (tertiary alicyclic amines) is 1. The van der Waals surface area contributed by atoms with Crippen LogP contribution in [0.2, 0.25) is 0 Å². The molecule has 0 aromatic carbocycles. The Bertz CT molecular complexity index is 992. The van der Waals surface area contributed by atoms with E-state index in [9.17, 15) is 4.79 Å². The van der Waals surface area contributed by atoms with Crippen LogP contribution < -0.4 is 22.5 Å². The van der Waals surface area contributed by atoms with Crippen molar-refractivity contribution in [1.82, 2.24) is 9.88 Å². The summed E-state index contributed by atoms with van der Waals surface area (Å²) in [6, 6.07) is 3.59. The third-order valence-corrected chi connectivity index (χ3v) is 6.16. The molecule has 8 nitrogen and oxygen atoms in total. The lowest BCUT2D eigenvalue weighted by atomic mass is 10.1. The molecule has 1 aliphatic heterocycles. The van der Waals surface area contributed by atoms with Crippen LogP contribution in [0.4, 0.5) is 17.2 Å². The van der Waals surface area contributed by atoms with Crippen LogP contribution in [0.5, 0.6) is 0 Å². The number of hydrogen-bond acceptors (Lipinski definition) is 8. The van der Waals surface area contributed by atoms with Crippen molar-refractivity contribution in [2.24, 2.45) is 5.73 Å². The summed E-state index contributed by atoms with van der Waals surface area (Å²) in [5, 5.41) is 3.94. The first-order valence-corrected chi connectivity index (χ1v) is 10.2. The van der Waals surface area contributed by atoms with Gasteiger partial charge >= 0.3 is 0 Å². The number of furan rings is 1. The molecule has 28 heavy (non-hydrogen) atoms. The van der Waals surface area contributed by atoms with Gasteiger partial charge in [0.1, 0.15) is 15.5 Å². The second kappa shape index (κ2) is 7.69. The molecule has 1 amide bonds. The Morgan fingerprint density at radius 1 is 1.29 bits per heavy atom. The van der Waals surface area contributed by atoms with E-state index in [1.54, 1.807) is 12.3 Å². The van der Waals surface area contributed by atoms with Crippen molar-refractivity contribution in [3.63, 3.8) is 0 Å². The van der Waals surface area contributed by atoms with Crippen LogP contribution in [-0.2, 0) is 0 Å². The van der Waals surface area contributed by atoms with E-state index in [1.807, 2.05) is 6.07 Å². The van der Waals surface area contributed by atoms with E-state index in [0.717, 1.165) is 19.5 Å². The fourth-order valence-corrected chi connectivity index (χ4v) is 4.63. The number of primary amides is 1. The number of rotatable bonds is 7. The van der Waals surface area contributed by atoms with Gasteiger partial charge in [0.05, 0.1) is 23.2 Å². The van der Waals surface area contributed by atoms with E-state index in [-0.39, 0.29) is 4.88 Å². The highest BCUT2D eigenvalue weighted by molar-refractivity contribution is 7.21. The lowest BCUT2D eigenvalue weighted by Crippen LogP contribution is -2.22. The van der Waals surface area contributed by atoms with Gasteiger partial charge in [-0.05, 0) is 51.0 Å². The lowest BCUT2D eigenvalue weighted by Gasteiger charge is -2.16. The van der Waals surface area contributed by atoms with E-state index in [2.05, 4.69) is 15.2 Å². The number of hydrogen-bond donors (Lipinski definition) is 4. The van der Waals surface area contributed by atoms with Gasteiger partial charge in [-0.1, -0.05) is 0 Å². The molecule has 3 aromatic rings. The largest absolute Gasteiger partial charge is 0.464 e. The van der Waals surface area contributed by atoms with E-state index >= 15 is 0 Å². The van der Waals surface area contributed by atoms with Crippen molar-refractivity contribution < 1.29 is 9.21 Å². The van der Waals surface area contributed by atoms with Crippen LogP contribution >= 0.6 is 11.3 Å². The molecule has 0 aliphatic carbocycles. The zero-order chi connectivity index (χ0) is 19.7. The van der Waals surface area contributed by atoms with Gasteiger partial charge in [0.25, 0.3) is 5.91 Å². The molecule has 0 bridgehead atoms. The van der Waals surface area contributed by atoms with Crippen LogP contribution in [0, 0.1) is 0 Å². The Labute approximate surface area is 166 Å². The summed E-state index contributed by atoms with van der Waals surface area (Å²) < 4.78 is 5.57. The zero-order valence-corrected chi connectivity index (χ0v) is 16.3. The number of carbonyl (C=O) groups is 1. The number of pyridine rings is 1. The maximum absolute atomic E-state index is 11.7. The molecule has 0 saturated carbocycles. The Balaban J connectivity index is 1.67. The molecule has 0 unspecified atom stereocenters. The third-order valence-electron chi connectivity index (χ3n) is 5.05. The summed E-state index contributed by atoms with van der Waals surface area (Å²) in [4.78, 5) is 19.7. The van der Waals surface area contributed by atoms with Crippen molar-refractivity contribution in [3.8, 4) is 11.3 Å². The highest BCUT2D eigenvalue weighted by atomic mass is 32.1. The molecule has 0 radical (unpaired) electrons. The van der Waals surface area contributed by atoms with Crippen molar-refractivity contribution in [2.45, 2.75) is 19.3 Å². The van der Waals surface area contributed by atoms with Gasteiger partial charge in [0.15, 0.2) is 5.82 Å². The summed E-state index contributed by atoms with van der Waals surface area (Å²) in [5.74, 6) is 0.563. The molecule has 0 atom stereocenters. The number of amides is 1. The number of anilines is 3. The monoisotopic (exact) mass is 400 g/mol. The number of fused-ring (bicyclic) bond motifs is 1. The highest BCUT2D eigenvalue weighted by Gasteiger charge is 2.24. The molecule has 1 fully saturated rings. The number of nitrogens with one attached hydrogen (secondary N) is 1. The predicted molar refractivity (Wildman–Crippen MR) is 113 cm³/mol. The zero-order valence-electron chi connectivity index (χ0n) is 15.5. The molecular weight excluding hydrogens is 376 g/mol. The van der Waals surface area contributed by atoms with E-state index in [4.69, 9.17) is 21.6 Å². The third kappa shape index (κ3) is 3.38. The second-order valence-electron chi connectivity index (χ2n) is 6.94. The van der Waals surface area contributed by atoms with Crippen molar-refractivity contribution in [3.05, 3.63) is 23.3 Å². The van der Waals surface area contributed by atoms with Gasteiger partial charge in [-0.3, -0.25) is 4.79 Å². The second-order valence-corrected chi connectivity index (χ2v) is 7.94. The molecule has 0 spiro atoms. The minimum Gasteiger partial charge on any atom is -0.464 e. The maximum Gasteiger partial charge on any atom is 0.260 e. The van der Waals surface area contributed by atoms with Crippen LogP contribution in [0.3, 0.4) is 0 Å². The smallest absolute Gasteiger partial charge is 0.260 e. The number of nitrogens with zero attached hydrogens (tertiary/aromatic N) is 2. The summed E-state index contributed by atoms with van der Waals surface area (Å²) >= 11 is 1.17. The summed E-state index contributed by atoms with van der Waals surface area (Å²) in [6.07, 6.45) is 5.14. The molecule has 3 aromatic heterocycles. The average Bonchev–Trinajstić information content (AvgIpc) is 3.41. The number of thiophene rings is 1. The number of nitrogens with two attached hydrogens (primary N) is 3. The standard InChI is InChI=1S/C19H24N6O2S/c20-14-13-12(11-5-3-10-27-11)15(21)18(24-19(13)28-16(14)17(22)26)23-6-4-9-25-7-1-2-8-25/h3,5,10H,1-2,4,6-9,20-21H2,(H2,22,26)(H,23,24). The minimum absolute atomic E-state index is 0.279. The first kappa shape index (κ1) is 18.6. The molecule has 7 N–H and O–H groups in total. The first-order valence-electron chi connectivity index (χ1n) is 9.37. The van der Waals surface area contributed by atoms with Gasteiger partial charge < -0.3 is 31.8 Å². The SMILES string of the molecule is NC(=O)c1sc2nc(NCCCN3CCCC3)c(N)c(-c3ccco3)c2c1N. The van der Waals surface area contributed by atoms with Gasteiger partial charge in [-0.15, -0.1) is 11.3 Å². The Morgan fingerprint density at radius 3 is 2.75 bits per heavy atom. The highest BCUT2D eigenvalue weighted by Crippen LogP contribution is 2.44. The molecule has 1 aliphatic rings. The van der Waals surface area contributed by atoms with Gasteiger partial charge in [-0.2, -0.15) is 0 Å². The lowest BCUT2D eigenvalue weighted by molar-refractivity contribution is 0.100. The Kier molecular flexibility index (Phi) is 5.10. The molecular formula is C19H24N6O2S. The Morgan fingerprint density at radius 2 is 2.07 bits per heavy atom. The summed E-state index contributed by atoms with van der Waals surface area (Å²) in [7, 11) is 0. The number of aromatic nitrogens is 1. The van der Waals surface area contributed by atoms with Crippen molar-refractivity contribution in [2.75, 3.05) is 43.0 Å². The molecule has 9 heteroatoms. The fraction of sp³-hybridized carbons (Fsp3) is 0.368. The average molecular weight is 401 g/mol. The van der Waals surface area contributed by atoms with Crippen LogP contribution in [0.25, 0.3) is 21.5 Å². The van der Waals surface area contributed by atoms with Crippen LogP contribution in [-0.4, -0.2) is 42.0 Å². The normalized spacial score (nSPS) is 14.7. The van der Waals surface area contributed by atoms with E-state index < -0.39 is 5.91 Å². The Hall–Kier alpha value is -2.78. The first-order chi connectivity index (χ1) is 13.6. The molecule has 148 valence electrons. The minimum atomic E-state index is -0.579. The topological polar surface area (TPSA) is 136 Å². The quantitative estimate of drug-likeness (QED) is 0.448. The molecule has 4 heterocycles. The van der Waals surface area contributed by atoms with Crippen LogP contribution in [0.15, 0.2) is 22.8 Å².